The number of carbonyl (C=O) groups is 2. The van der Waals surface area contributed by atoms with Crippen LogP contribution < -0.4 is 20.1 Å². The molecule has 1 unspecified atom stereocenters. The van der Waals surface area contributed by atoms with Gasteiger partial charge in [0.05, 0.1) is 33.6 Å². The molecule has 3 atom stereocenters. The Morgan fingerprint density at radius 3 is 1.38 bits per heavy atom. The van der Waals surface area contributed by atoms with Crippen molar-refractivity contribution in [3.05, 3.63) is 224 Å². The number of nitrogens with zero attached hydrogens (tertiary/aromatic N) is 2. The van der Waals surface area contributed by atoms with E-state index in [1.54, 1.807) is 72.8 Å². The largest absolute Gasteiger partial charge is 0.461 e. The smallest absolute Gasteiger partial charge is 0.447 e. The average Bonchev–Trinajstić information content (AvgIpc) is 3.57. The molecule has 7 rings (SSSR count). The first-order valence-corrected chi connectivity index (χ1v) is 24.1. The zero-order valence-corrected chi connectivity index (χ0v) is 43.1. The van der Waals surface area contributed by atoms with E-state index in [1.807, 2.05) is 0 Å². The van der Waals surface area contributed by atoms with Crippen LogP contribution in [0.3, 0.4) is 0 Å². The van der Waals surface area contributed by atoms with Gasteiger partial charge in [-0.2, -0.15) is 26.3 Å². The number of nitrogens with one attached hydrogen (secondary N) is 2. The second-order valence-corrected chi connectivity index (χ2v) is 18.0. The molecule has 0 saturated heterocycles. The van der Waals surface area contributed by atoms with Crippen LogP contribution in [0.5, 0.6) is 11.5 Å². The van der Waals surface area contributed by atoms with E-state index >= 15 is 0 Å². The first-order valence-electron chi connectivity index (χ1n) is 23.4. The van der Waals surface area contributed by atoms with E-state index in [0.29, 0.717) is 17.5 Å². The Kier molecular flexibility index (Phi) is 20.7. The fraction of sp³-hybridized carbons (Fsp3) is 0.236. The molecule has 0 bridgehead atoms. The lowest BCUT2D eigenvalue weighted by atomic mass is 9.80. The Morgan fingerprint density at radius 2 is 0.975 bits per heavy atom. The molecule has 2 amide bonds. The minimum absolute atomic E-state index is 0.0455. The number of ether oxygens (including phenoxy) is 5. The molecule has 11 nitrogen and oxygen atoms in total. The molecule has 7 aromatic rings. The topological polar surface area (TPSA) is 130 Å². The monoisotopic (exact) mass is 1170 g/mol. The number of hydrogen-bond acceptors (Lipinski definition) is 9. The Labute approximate surface area is 458 Å². The molecule has 2 heterocycles. The summed E-state index contributed by atoms with van der Waals surface area (Å²) in [6.07, 6.45) is -15.4. The number of aromatic nitrogens is 2. The van der Waals surface area contributed by atoms with E-state index in [2.05, 4.69) is 30.1 Å². The lowest BCUT2D eigenvalue weighted by Gasteiger charge is -2.35. The maximum Gasteiger partial charge on any atom is 0.461 e. The van der Waals surface area contributed by atoms with Crippen molar-refractivity contribution in [1.29, 1.82) is 0 Å². The van der Waals surface area contributed by atoms with Gasteiger partial charge >= 0.3 is 30.8 Å². The molecule has 2 N–H and O–H groups in total. The molecular formula is C55H44Cl2F12N4O7. The summed E-state index contributed by atoms with van der Waals surface area (Å²) in [5.74, 6) is -12.3. The van der Waals surface area contributed by atoms with Gasteiger partial charge in [-0.25, -0.2) is 35.9 Å². The third-order valence-electron chi connectivity index (χ3n) is 11.6. The van der Waals surface area contributed by atoms with Gasteiger partial charge in [0.15, 0.2) is 23.3 Å². The van der Waals surface area contributed by atoms with Crippen molar-refractivity contribution in [3.8, 4) is 11.5 Å². The molecule has 0 aliphatic heterocycles. The predicted molar refractivity (Wildman–Crippen MR) is 267 cm³/mol. The number of carbonyl (C=O) groups excluding carboxylic acids is 2. The second kappa shape index (κ2) is 26.9. The number of hydrogen-bond donors (Lipinski definition) is 2. The Balaban J connectivity index is 0.000000263. The van der Waals surface area contributed by atoms with Crippen LogP contribution in [0.15, 0.2) is 146 Å². The van der Waals surface area contributed by atoms with Crippen LogP contribution in [-0.2, 0) is 44.7 Å². The minimum Gasteiger partial charge on any atom is -0.447 e. The van der Waals surface area contributed by atoms with Crippen molar-refractivity contribution >= 4 is 35.4 Å². The summed E-state index contributed by atoms with van der Waals surface area (Å²) >= 11 is 12.0. The Bertz CT molecular complexity index is 3170. The summed E-state index contributed by atoms with van der Waals surface area (Å²) in [5, 5.41) is 5.80. The molecule has 25 heteroatoms. The summed E-state index contributed by atoms with van der Waals surface area (Å²) < 4.78 is 188. The third kappa shape index (κ3) is 15.3. The summed E-state index contributed by atoms with van der Waals surface area (Å²) in [6.45, 7) is -0.688. The van der Waals surface area contributed by atoms with E-state index in [1.165, 1.54) is 55.9 Å². The third-order valence-corrected chi connectivity index (χ3v) is 12.1. The Hall–Kier alpha value is -7.76. The summed E-state index contributed by atoms with van der Waals surface area (Å²) in [6, 6.07) is 33.2. The zero-order chi connectivity index (χ0) is 58.4. The van der Waals surface area contributed by atoms with Gasteiger partial charge in [-0.1, -0.05) is 108 Å². The van der Waals surface area contributed by atoms with Gasteiger partial charge in [0.25, 0.3) is 0 Å². The van der Waals surface area contributed by atoms with Gasteiger partial charge in [0, 0.05) is 32.3 Å². The zero-order valence-electron chi connectivity index (χ0n) is 41.6. The van der Waals surface area contributed by atoms with Crippen LogP contribution >= 0.6 is 23.2 Å². The van der Waals surface area contributed by atoms with Crippen molar-refractivity contribution in [1.82, 2.24) is 20.6 Å². The molecule has 0 saturated carbocycles. The second-order valence-electron chi connectivity index (χ2n) is 17.2. The van der Waals surface area contributed by atoms with Crippen molar-refractivity contribution in [2.75, 3.05) is 20.3 Å². The van der Waals surface area contributed by atoms with Gasteiger partial charge in [-0.15, -0.1) is 0 Å². The fourth-order valence-corrected chi connectivity index (χ4v) is 7.97. The molecule has 0 aliphatic rings. The van der Waals surface area contributed by atoms with Crippen LogP contribution in [-0.4, -0.2) is 67.3 Å². The van der Waals surface area contributed by atoms with E-state index in [0.717, 1.165) is 29.8 Å². The Morgan fingerprint density at radius 1 is 0.550 bits per heavy atom. The van der Waals surface area contributed by atoms with Crippen LogP contribution in [0.25, 0.3) is 0 Å². The first-order chi connectivity index (χ1) is 37.9. The quantitative estimate of drug-likeness (QED) is 0.0313. The number of methoxy groups -OCH3 is 1. The van der Waals surface area contributed by atoms with Crippen molar-refractivity contribution in [2.24, 2.45) is 0 Å². The van der Waals surface area contributed by atoms with E-state index in [4.69, 9.17) is 37.4 Å². The summed E-state index contributed by atoms with van der Waals surface area (Å²) in [7, 11) is 1.44. The maximum absolute atomic E-state index is 14.2. The standard InChI is InChI=1S/C30H21ClF8N2O3.C25H23ClF4N2O4/c1-16(32)30(38,39)44-20-9-5-8-18(12-20)29(13-17-6-3-2-4-7-17,22-11-10-19(31)14-40-22)41-28(42)43-15-21-23(33)25(35)27(37)26(36)24(21)34;1-34-12-13-35-23(33)32-24(15-17-6-3-2-4-7-17,21-11-10-19(26)16-31-21)18-8-5-9-20(14-18)36-25(29,30)22(27)28/h2-12,14,16H,13,15H2,1H3,(H,41,42);2-11,14,16,22H,12-13,15H2,1H3,(H,32,33)/t16?,29-;24-/m11/s1. The first kappa shape index (κ1) is 61.5. The van der Waals surface area contributed by atoms with Crippen LogP contribution in [0, 0.1) is 29.1 Å². The molecule has 0 radical (unpaired) electrons. The van der Waals surface area contributed by atoms with Crippen LogP contribution in [0.4, 0.5) is 62.3 Å². The number of pyridine rings is 2. The highest BCUT2D eigenvalue weighted by Gasteiger charge is 2.46. The molecule has 2 aromatic heterocycles. The molecule has 0 spiro atoms. The highest BCUT2D eigenvalue weighted by molar-refractivity contribution is 6.30. The normalized spacial score (nSPS) is 13.4. The van der Waals surface area contributed by atoms with E-state index < -0.39 is 101 Å². The molecule has 0 fully saturated rings. The fourth-order valence-electron chi connectivity index (χ4n) is 7.75. The molecule has 5 aromatic carbocycles. The number of amides is 2. The highest BCUT2D eigenvalue weighted by Crippen LogP contribution is 2.39. The number of alkyl halides is 7. The number of halogens is 14. The lowest BCUT2D eigenvalue weighted by molar-refractivity contribution is -0.253. The van der Waals surface area contributed by atoms with Crippen molar-refractivity contribution in [3.63, 3.8) is 0 Å². The molecule has 424 valence electrons. The maximum atomic E-state index is 14.2. The number of benzene rings is 5. The predicted octanol–water partition coefficient (Wildman–Crippen LogP) is 14.0. The van der Waals surface area contributed by atoms with Gasteiger partial charge in [0.1, 0.15) is 35.8 Å². The number of alkyl carbamates (subject to hydrolysis) is 2. The molecule has 0 aliphatic carbocycles. The lowest BCUT2D eigenvalue weighted by Crippen LogP contribution is -2.49. The highest BCUT2D eigenvalue weighted by atomic mass is 35.5. The molecule has 80 heavy (non-hydrogen) atoms. The van der Waals surface area contributed by atoms with Crippen molar-refractivity contribution < 1.29 is 86.0 Å². The summed E-state index contributed by atoms with van der Waals surface area (Å²) in [5.41, 5.74) is -2.80. The van der Waals surface area contributed by atoms with Gasteiger partial charge in [-0.3, -0.25) is 9.97 Å². The van der Waals surface area contributed by atoms with Crippen LogP contribution in [0.2, 0.25) is 10.0 Å². The SMILES string of the molecule is CC(F)C(F)(F)Oc1cccc([C@@](Cc2ccccc2)(NC(=O)OCc2c(F)c(F)c(F)c(F)c2F)c2ccc(Cl)cn2)c1.COCCOC(=O)N[C@](Cc1ccccc1)(c1cccc(OC(F)(F)C(F)F)c1)c1ccc(Cl)cn1. The average molecular weight is 1170 g/mol. The molecular weight excluding hydrogens is 1130 g/mol. The summed E-state index contributed by atoms with van der Waals surface area (Å²) in [4.78, 5) is 34.7. The minimum atomic E-state index is -4.72. The van der Waals surface area contributed by atoms with Gasteiger partial charge in [0.2, 0.25) is 12.0 Å². The van der Waals surface area contributed by atoms with Gasteiger partial charge in [-0.05, 0) is 77.7 Å². The van der Waals surface area contributed by atoms with E-state index in [9.17, 15) is 62.3 Å². The number of rotatable bonds is 21. The van der Waals surface area contributed by atoms with Crippen LogP contribution in [0.1, 0.15) is 46.1 Å². The van der Waals surface area contributed by atoms with E-state index in [-0.39, 0.29) is 53.6 Å². The van der Waals surface area contributed by atoms with Crippen molar-refractivity contribution in [2.45, 2.75) is 62.3 Å². The van der Waals surface area contributed by atoms with Gasteiger partial charge < -0.3 is 34.3 Å².